The molecule has 0 aliphatic heterocycles. The van der Waals surface area contributed by atoms with Crippen LogP contribution >= 0.6 is 15.9 Å². The van der Waals surface area contributed by atoms with E-state index in [1.807, 2.05) is 18.2 Å². The maximum Gasteiger partial charge on any atom is 0.387 e. The summed E-state index contributed by atoms with van der Waals surface area (Å²) in [5.74, 6) is -0.530. The molecule has 23 heavy (non-hydrogen) atoms. The van der Waals surface area contributed by atoms with E-state index in [1.165, 1.54) is 12.1 Å². The zero-order valence-electron chi connectivity index (χ0n) is 11.6. The van der Waals surface area contributed by atoms with Gasteiger partial charge in [0.2, 0.25) is 0 Å². The Kier molecular flexibility index (Phi) is 4.29. The maximum atomic E-state index is 12.4. The van der Waals surface area contributed by atoms with E-state index in [-0.39, 0.29) is 11.4 Å². The average Bonchev–Trinajstić information content (AvgIpc) is 2.92. The molecule has 3 rings (SSSR count). The summed E-state index contributed by atoms with van der Waals surface area (Å²) in [4.78, 5) is 15.3. The number of anilines is 1. The number of aromatic amines is 1. The minimum Gasteiger partial charge on any atom is -0.433 e. The molecule has 2 N–H and O–H groups in total. The van der Waals surface area contributed by atoms with Crippen molar-refractivity contribution >= 4 is 38.4 Å². The quantitative estimate of drug-likeness (QED) is 0.683. The van der Waals surface area contributed by atoms with Crippen molar-refractivity contribution in [2.75, 3.05) is 5.32 Å². The number of halogens is 3. The van der Waals surface area contributed by atoms with Crippen LogP contribution in [0.4, 0.5) is 14.5 Å². The molecule has 7 heteroatoms. The van der Waals surface area contributed by atoms with Crippen LogP contribution in [0.1, 0.15) is 10.5 Å². The number of nitrogens with one attached hydrogen (secondary N) is 2. The summed E-state index contributed by atoms with van der Waals surface area (Å²) in [6, 6.07) is 13.3. The molecule has 0 atom stereocenters. The molecule has 4 nitrogen and oxygen atoms in total. The van der Waals surface area contributed by atoms with Crippen LogP contribution in [-0.4, -0.2) is 17.5 Å². The Morgan fingerprint density at radius 2 is 1.96 bits per heavy atom. The van der Waals surface area contributed by atoms with Gasteiger partial charge in [0.05, 0.1) is 5.69 Å². The Balaban J connectivity index is 1.86. The topological polar surface area (TPSA) is 54.1 Å². The highest BCUT2D eigenvalue weighted by Crippen LogP contribution is 2.26. The number of fused-ring (bicyclic) bond motifs is 1. The fourth-order valence-corrected chi connectivity index (χ4v) is 2.56. The van der Waals surface area contributed by atoms with Gasteiger partial charge in [-0.05, 0) is 36.4 Å². The molecule has 0 bridgehead atoms. The molecule has 1 aromatic heterocycles. The van der Waals surface area contributed by atoms with Crippen LogP contribution in [-0.2, 0) is 0 Å². The monoisotopic (exact) mass is 380 g/mol. The predicted octanol–water partition coefficient (Wildman–Crippen LogP) is 4.78. The highest BCUT2D eigenvalue weighted by atomic mass is 79.9. The molecule has 3 aromatic rings. The van der Waals surface area contributed by atoms with Gasteiger partial charge in [0.25, 0.3) is 5.91 Å². The van der Waals surface area contributed by atoms with Crippen molar-refractivity contribution in [2.24, 2.45) is 0 Å². The lowest BCUT2D eigenvalue weighted by molar-refractivity contribution is -0.0493. The van der Waals surface area contributed by atoms with Gasteiger partial charge in [-0.2, -0.15) is 8.78 Å². The Bertz CT molecular complexity index is 864. The molecule has 2 aromatic carbocycles. The first-order chi connectivity index (χ1) is 11.0. The third-order valence-electron chi connectivity index (χ3n) is 3.18. The number of aromatic nitrogens is 1. The van der Waals surface area contributed by atoms with Crippen molar-refractivity contribution in [1.29, 1.82) is 0 Å². The number of para-hydroxylation sites is 2. The highest BCUT2D eigenvalue weighted by Gasteiger charge is 2.14. The lowest BCUT2D eigenvalue weighted by Crippen LogP contribution is -2.14. The van der Waals surface area contributed by atoms with Gasteiger partial charge in [-0.25, -0.2) is 0 Å². The number of H-pyrrole nitrogens is 1. The van der Waals surface area contributed by atoms with Crippen molar-refractivity contribution in [1.82, 2.24) is 4.98 Å². The van der Waals surface area contributed by atoms with Crippen LogP contribution in [0.3, 0.4) is 0 Å². The van der Waals surface area contributed by atoms with Crippen LogP contribution in [0.15, 0.2) is 53.0 Å². The molecule has 1 heterocycles. The lowest BCUT2D eigenvalue weighted by Gasteiger charge is -2.10. The van der Waals surface area contributed by atoms with Gasteiger partial charge < -0.3 is 15.0 Å². The fourth-order valence-electron chi connectivity index (χ4n) is 2.18. The predicted molar refractivity (Wildman–Crippen MR) is 87.0 cm³/mol. The zero-order valence-corrected chi connectivity index (χ0v) is 13.2. The summed E-state index contributed by atoms with van der Waals surface area (Å²) >= 11 is 3.36. The van der Waals surface area contributed by atoms with Gasteiger partial charge in [0.1, 0.15) is 11.4 Å². The van der Waals surface area contributed by atoms with Crippen LogP contribution < -0.4 is 10.1 Å². The molecule has 1 amide bonds. The van der Waals surface area contributed by atoms with E-state index in [2.05, 4.69) is 31.0 Å². The summed E-state index contributed by atoms with van der Waals surface area (Å²) in [6.07, 6.45) is 0. The van der Waals surface area contributed by atoms with Gasteiger partial charge in [-0.15, -0.1) is 0 Å². The van der Waals surface area contributed by atoms with Crippen molar-refractivity contribution in [3.05, 3.63) is 58.7 Å². The molecule has 0 aliphatic rings. The van der Waals surface area contributed by atoms with E-state index in [4.69, 9.17) is 0 Å². The van der Waals surface area contributed by atoms with Crippen molar-refractivity contribution in [3.8, 4) is 5.75 Å². The summed E-state index contributed by atoms with van der Waals surface area (Å²) in [5, 5.41) is 3.43. The third kappa shape index (κ3) is 3.50. The summed E-state index contributed by atoms with van der Waals surface area (Å²) in [7, 11) is 0. The SMILES string of the molecule is O=C(Nc1ccccc1OC(F)F)c1cc2cc(Br)ccc2[nH]1. The second-order valence-corrected chi connectivity index (χ2v) is 5.66. The molecule has 0 spiro atoms. The molecule has 0 saturated heterocycles. The molecular weight excluding hydrogens is 370 g/mol. The molecule has 0 aliphatic carbocycles. The van der Waals surface area contributed by atoms with Crippen molar-refractivity contribution in [2.45, 2.75) is 6.61 Å². The van der Waals surface area contributed by atoms with Gasteiger partial charge in [-0.3, -0.25) is 4.79 Å². The molecule has 118 valence electrons. The Labute approximate surface area is 138 Å². The molecule has 0 fully saturated rings. The van der Waals surface area contributed by atoms with E-state index in [0.29, 0.717) is 5.69 Å². The smallest absolute Gasteiger partial charge is 0.387 e. The first kappa shape index (κ1) is 15.5. The normalized spacial score (nSPS) is 11.0. The highest BCUT2D eigenvalue weighted by molar-refractivity contribution is 9.10. The second kappa shape index (κ2) is 6.37. The number of ether oxygens (including phenoxy) is 1. The molecule has 0 unspecified atom stereocenters. The average molecular weight is 381 g/mol. The maximum absolute atomic E-state index is 12.4. The van der Waals surface area contributed by atoms with Crippen LogP contribution in [0, 0.1) is 0 Å². The van der Waals surface area contributed by atoms with E-state index < -0.39 is 12.5 Å². The van der Waals surface area contributed by atoms with Crippen LogP contribution in [0.2, 0.25) is 0 Å². The summed E-state index contributed by atoms with van der Waals surface area (Å²) < 4.78 is 30.1. The van der Waals surface area contributed by atoms with Crippen molar-refractivity contribution in [3.63, 3.8) is 0 Å². The summed E-state index contributed by atoms with van der Waals surface area (Å²) in [6.45, 7) is -2.96. The minimum atomic E-state index is -2.96. The van der Waals surface area contributed by atoms with Crippen molar-refractivity contribution < 1.29 is 18.3 Å². The fraction of sp³-hybridized carbons (Fsp3) is 0.0625. The summed E-state index contributed by atoms with van der Waals surface area (Å²) in [5.41, 5.74) is 1.30. The van der Waals surface area contributed by atoms with Gasteiger partial charge in [0.15, 0.2) is 0 Å². The number of amides is 1. The standard InChI is InChI=1S/C16H11BrF2N2O2/c17-10-5-6-11-9(7-10)8-13(20-11)15(22)21-12-3-1-2-4-14(12)23-16(18)19/h1-8,16,20H,(H,21,22). The third-order valence-corrected chi connectivity index (χ3v) is 3.67. The van der Waals surface area contributed by atoms with Gasteiger partial charge in [-0.1, -0.05) is 28.1 Å². The Morgan fingerprint density at radius 3 is 2.74 bits per heavy atom. The number of hydrogen-bond acceptors (Lipinski definition) is 2. The lowest BCUT2D eigenvalue weighted by atomic mass is 10.2. The number of hydrogen-bond donors (Lipinski definition) is 2. The van der Waals surface area contributed by atoms with Gasteiger partial charge >= 0.3 is 6.61 Å². The van der Waals surface area contributed by atoms with Gasteiger partial charge in [0, 0.05) is 15.4 Å². The van der Waals surface area contributed by atoms with E-state index in [0.717, 1.165) is 15.4 Å². The number of alkyl halides is 2. The number of rotatable bonds is 4. The number of benzene rings is 2. The molecular formula is C16H11BrF2N2O2. The first-order valence-corrected chi connectivity index (χ1v) is 7.46. The zero-order chi connectivity index (χ0) is 16.4. The largest absolute Gasteiger partial charge is 0.433 e. The van der Waals surface area contributed by atoms with E-state index in [1.54, 1.807) is 18.2 Å². The van der Waals surface area contributed by atoms with E-state index in [9.17, 15) is 13.6 Å². The minimum absolute atomic E-state index is 0.0882. The Morgan fingerprint density at radius 1 is 1.17 bits per heavy atom. The second-order valence-electron chi connectivity index (χ2n) is 4.74. The van der Waals surface area contributed by atoms with E-state index >= 15 is 0 Å². The Hall–Kier alpha value is -2.41. The number of carbonyl (C=O) groups is 1. The number of carbonyl (C=O) groups excluding carboxylic acids is 1. The van der Waals surface area contributed by atoms with Crippen LogP contribution in [0.25, 0.3) is 10.9 Å². The van der Waals surface area contributed by atoms with Crippen LogP contribution in [0.5, 0.6) is 5.75 Å². The molecule has 0 radical (unpaired) electrons. The first-order valence-electron chi connectivity index (χ1n) is 6.66. The molecule has 0 saturated carbocycles.